The second kappa shape index (κ2) is 8.18. The topological polar surface area (TPSA) is 57.5 Å². The van der Waals surface area contributed by atoms with Gasteiger partial charge in [0.1, 0.15) is 5.58 Å². The lowest BCUT2D eigenvalue weighted by Crippen LogP contribution is -2.45. The molecule has 3 rings (SSSR count). The molecule has 0 radical (unpaired) electrons. The fraction of sp³-hybridized carbons (Fsp3) is 0.500. The van der Waals surface area contributed by atoms with Crippen LogP contribution in [0.25, 0.3) is 11.0 Å². The van der Waals surface area contributed by atoms with Crippen LogP contribution < -0.4 is 16.3 Å². The minimum absolute atomic E-state index is 0.268. The van der Waals surface area contributed by atoms with Crippen molar-refractivity contribution in [1.29, 1.82) is 0 Å². The SMILES string of the molecule is Cc1cc(=O)oc2cc(NC(=S)N[C@@H](C)CN3CCC(C)CC3)ccc12. The van der Waals surface area contributed by atoms with Crippen molar-refractivity contribution in [1.82, 2.24) is 10.2 Å². The number of hydrogen-bond acceptors (Lipinski definition) is 4. The van der Waals surface area contributed by atoms with Gasteiger partial charge in [-0.25, -0.2) is 4.79 Å². The lowest BCUT2D eigenvalue weighted by Gasteiger charge is -2.32. The maximum Gasteiger partial charge on any atom is 0.336 e. The molecule has 1 aromatic heterocycles. The van der Waals surface area contributed by atoms with Crippen LogP contribution in [0.5, 0.6) is 0 Å². The number of anilines is 1. The number of likely N-dealkylation sites (tertiary alicyclic amines) is 1. The molecular formula is C20H27N3O2S. The molecule has 2 heterocycles. The quantitative estimate of drug-likeness (QED) is 0.632. The first-order chi connectivity index (χ1) is 12.4. The molecule has 0 saturated carbocycles. The summed E-state index contributed by atoms with van der Waals surface area (Å²) >= 11 is 5.44. The Morgan fingerprint density at radius 1 is 1.35 bits per heavy atom. The van der Waals surface area contributed by atoms with Crippen molar-refractivity contribution in [3.8, 4) is 0 Å². The highest BCUT2D eigenvalue weighted by Crippen LogP contribution is 2.21. The summed E-state index contributed by atoms with van der Waals surface area (Å²) in [5.41, 5.74) is 1.95. The van der Waals surface area contributed by atoms with E-state index in [0.29, 0.717) is 10.7 Å². The fourth-order valence-corrected chi connectivity index (χ4v) is 3.79. The summed E-state index contributed by atoms with van der Waals surface area (Å²) in [6, 6.07) is 7.47. The third kappa shape index (κ3) is 4.83. The number of rotatable bonds is 4. The van der Waals surface area contributed by atoms with Gasteiger partial charge in [-0.3, -0.25) is 0 Å². The number of thiocarbonyl (C=S) groups is 1. The lowest BCUT2D eigenvalue weighted by molar-refractivity contribution is 0.182. The number of benzene rings is 1. The number of fused-ring (bicyclic) bond motifs is 1. The van der Waals surface area contributed by atoms with E-state index < -0.39 is 0 Å². The van der Waals surface area contributed by atoms with Gasteiger partial charge in [-0.15, -0.1) is 0 Å². The molecule has 2 aromatic rings. The molecule has 2 N–H and O–H groups in total. The molecule has 1 aromatic carbocycles. The number of nitrogens with zero attached hydrogens (tertiary/aromatic N) is 1. The van der Waals surface area contributed by atoms with Crippen LogP contribution in [0, 0.1) is 12.8 Å². The van der Waals surface area contributed by atoms with E-state index in [4.69, 9.17) is 16.6 Å². The maximum absolute atomic E-state index is 11.6. The second-order valence-corrected chi connectivity index (χ2v) is 7.85. The molecule has 1 aliphatic rings. The molecule has 6 heteroatoms. The molecule has 1 atom stereocenters. The number of hydrogen-bond donors (Lipinski definition) is 2. The number of aryl methyl sites for hydroxylation is 1. The Morgan fingerprint density at radius 2 is 2.08 bits per heavy atom. The van der Waals surface area contributed by atoms with Crippen molar-refractivity contribution >= 4 is 34.0 Å². The first-order valence-corrected chi connectivity index (χ1v) is 9.66. The van der Waals surface area contributed by atoms with E-state index in [9.17, 15) is 4.79 Å². The van der Waals surface area contributed by atoms with Crippen molar-refractivity contribution in [2.75, 3.05) is 25.0 Å². The Kier molecular flexibility index (Phi) is 5.94. The van der Waals surface area contributed by atoms with Crippen molar-refractivity contribution < 1.29 is 4.42 Å². The highest BCUT2D eigenvalue weighted by Gasteiger charge is 2.17. The third-order valence-corrected chi connectivity index (χ3v) is 5.21. The Morgan fingerprint density at radius 3 is 2.81 bits per heavy atom. The molecule has 1 fully saturated rings. The van der Waals surface area contributed by atoms with Gasteiger partial charge in [-0.2, -0.15) is 0 Å². The normalized spacial score (nSPS) is 17.2. The van der Waals surface area contributed by atoms with E-state index in [1.165, 1.54) is 18.9 Å². The molecule has 0 bridgehead atoms. The summed E-state index contributed by atoms with van der Waals surface area (Å²) in [6.07, 6.45) is 2.55. The Balaban J connectivity index is 1.57. The second-order valence-electron chi connectivity index (χ2n) is 7.44. The van der Waals surface area contributed by atoms with Gasteiger partial charge in [0.2, 0.25) is 0 Å². The first kappa shape index (κ1) is 18.9. The zero-order chi connectivity index (χ0) is 18.7. The van der Waals surface area contributed by atoms with Crippen LogP contribution in [0.3, 0.4) is 0 Å². The minimum atomic E-state index is -0.336. The van der Waals surface area contributed by atoms with Crippen LogP contribution in [-0.4, -0.2) is 35.7 Å². The lowest BCUT2D eigenvalue weighted by atomic mass is 9.99. The van der Waals surface area contributed by atoms with Crippen LogP contribution >= 0.6 is 12.2 Å². The number of nitrogens with one attached hydrogen (secondary N) is 2. The van der Waals surface area contributed by atoms with E-state index in [-0.39, 0.29) is 11.7 Å². The molecule has 5 nitrogen and oxygen atoms in total. The fourth-order valence-electron chi connectivity index (χ4n) is 3.47. The largest absolute Gasteiger partial charge is 0.423 e. The van der Waals surface area contributed by atoms with Crippen LogP contribution in [0.4, 0.5) is 5.69 Å². The number of piperidine rings is 1. The Labute approximate surface area is 159 Å². The summed E-state index contributed by atoms with van der Waals surface area (Å²) < 4.78 is 5.29. The molecule has 1 saturated heterocycles. The summed E-state index contributed by atoms with van der Waals surface area (Å²) in [5, 5.41) is 8.04. The molecule has 0 unspecified atom stereocenters. The zero-order valence-corrected chi connectivity index (χ0v) is 16.5. The van der Waals surface area contributed by atoms with Gasteiger partial charge in [0.15, 0.2) is 5.11 Å². The predicted octanol–water partition coefficient (Wildman–Crippen LogP) is 3.51. The Hall–Kier alpha value is -1.92. The van der Waals surface area contributed by atoms with Crippen LogP contribution in [0.1, 0.15) is 32.3 Å². The van der Waals surface area contributed by atoms with E-state index in [1.54, 1.807) is 0 Å². The molecular weight excluding hydrogens is 346 g/mol. The van der Waals surface area contributed by atoms with E-state index in [1.807, 2.05) is 25.1 Å². The maximum atomic E-state index is 11.6. The highest BCUT2D eigenvalue weighted by atomic mass is 32.1. The van der Waals surface area contributed by atoms with Gasteiger partial charge < -0.3 is 20.0 Å². The monoisotopic (exact) mass is 373 g/mol. The minimum Gasteiger partial charge on any atom is -0.423 e. The van der Waals surface area contributed by atoms with Gasteiger partial charge in [0.05, 0.1) is 0 Å². The van der Waals surface area contributed by atoms with Crippen molar-refractivity contribution in [3.63, 3.8) is 0 Å². The van der Waals surface area contributed by atoms with Gasteiger partial charge in [-0.1, -0.05) is 6.92 Å². The van der Waals surface area contributed by atoms with E-state index in [0.717, 1.165) is 42.2 Å². The highest BCUT2D eigenvalue weighted by molar-refractivity contribution is 7.80. The third-order valence-electron chi connectivity index (χ3n) is 5.00. The predicted molar refractivity (Wildman–Crippen MR) is 111 cm³/mol. The van der Waals surface area contributed by atoms with Gasteiger partial charge >= 0.3 is 5.63 Å². The molecule has 26 heavy (non-hydrogen) atoms. The standard InChI is InChI=1S/C20H27N3O2S/c1-13-6-8-23(9-7-13)12-15(3)21-20(26)22-16-4-5-17-14(2)10-19(24)25-18(17)11-16/h4-5,10-11,13,15H,6-9,12H2,1-3H3,(H2,21,22,26)/t15-/m0/s1. The molecule has 0 amide bonds. The van der Waals surface area contributed by atoms with Gasteiger partial charge in [0, 0.05) is 35.8 Å². The smallest absolute Gasteiger partial charge is 0.336 e. The zero-order valence-electron chi connectivity index (χ0n) is 15.7. The summed E-state index contributed by atoms with van der Waals surface area (Å²) in [4.78, 5) is 14.1. The summed E-state index contributed by atoms with van der Waals surface area (Å²) in [5.74, 6) is 0.842. The Bertz CT molecular complexity index is 841. The molecule has 1 aliphatic heterocycles. The average Bonchev–Trinajstić information content (AvgIpc) is 2.56. The van der Waals surface area contributed by atoms with Crippen LogP contribution in [-0.2, 0) is 0 Å². The van der Waals surface area contributed by atoms with Crippen LogP contribution in [0.15, 0.2) is 33.5 Å². The van der Waals surface area contributed by atoms with Gasteiger partial charge in [-0.05, 0) is 75.6 Å². The van der Waals surface area contributed by atoms with Crippen molar-refractivity contribution in [2.24, 2.45) is 5.92 Å². The molecule has 0 spiro atoms. The summed E-state index contributed by atoms with van der Waals surface area (Å²) in [7, 11) is 0. The first-order valence-electron chi connectivity index (χ1n) is 9.25. The van der Waals surface area contributed by atoms with Crippen molar-refractivity contribution in [3.05, 3.63) is 40.2 Å². The van der Waals surface area contributed by atoms with E-state index in [2.05, 4.69) is 29.4 Å². The van der Waals surface area contributed by atoms with Crippen LogP contribution in [0.2, 0.25) is 0 Å². The van der Waals surface area contributed by atoms with Crippen molar-refractivity contribution in [2.45, 2.75) is 39.7 Å². The summed E-state index contributed by atoms with van der Waals surface area (Å²) in [6.45, 7) is 9.69. The van der Waals surface area contributed by atoms with Gasteiger partial charge in [0.25, 0.3) is 0 Å². The van der Waals surface area contributed by atoms with E-state index >= 15 is 0 Å². The molecule has 0 aliphatic carbocycles. The molecule has 140 valence electrons. The average molecular weight is 374 g/mol.